The summed E-state index contributed by atoms with van der Waals surface area (Å²) in [5.41, 5.74) is 7.14. The molecule has 0 aliphatic heterocycles. The smallest absolute Gasteiger partial charge is 0.326 e. The number of ether oxygens (including phenoxy) is 1. The molecule has 182 valence electrons. The van der Waals surface area contributed by atoms with E-state index in [2.05, 4.69) is 26.2 Å². The summed E-state index contributed by atoms with van der Waals surface area (Å²) in [6.07, 6.45) is 1.44. The van der Waals surface area contributed by atoms with Crippen LogP contribution in [0.2, 0.25) is 0 Å². The number of aryl methyl sites for hydroxylation is 1. The van der Waals surface area contributed by atoms with E-state index in [1.165, 1.54) is 12.3 Å². The van der Waals surface area contributed by atoms with Crippen LogP contribution in [0.1, 0.15) is 56.1 Å². The van der Waals surface area contributed by atoms with Crippen molar-refractivity contribution in [1.29, 1.82) is 0 Å². The van der Waals surface area contributed by atoms with Crippen LogP contribution in [0.15, 0.2) is 45.8 Å². The molecular weight excluding hydrogens is 500 g/mol. The van der Waals surface area contributed by atoms with Crippen molar-refractivity contribution in [3.8, 4) is 0 Å². The number of hydrogen-bond donors (Lipinski definition) is 2. The Balaban J connectivity index is 0.00000199. The van der Waals surface area contributed by atoms with E-state index in [-0.39, 0.29) is 17.8 Å². The zero-order chi connectivity index (χ0) is 25.6. The maximum absolute atomic E-state index is 13.2. The molecule has 3 rings (SSSR count). The van der Waals surface area contributed by atoms with Crippen LogP contribution in [0, 0.1) is 6.92 Å². The van der Waals surface area contributed by atoms with Gasteiger partial charge in [-0.2, -0.15) is 0 Å². The van der Waals surface area contributed by atoms with Crippen molar-refractivity contribution in [1.82, 2.24) is 14.9 Å². The lowest BCUT2D eigenvalue weighted by Crippen LogP contribution is -2.36. The number of aromatic nitrogens is 2. The monoisotopic (exact) mass is 530 g/mol. The van der Waals surface area contributed by atoms with E-state index < -0.39 is 29.6 Å². The molecule has 0 spiro atoms. The van der Waals surface area contributed by atoms with Gasteiger partial charge >= 0.3 is 5.97 Å². The van der Waals surface area contributed by atoms with E-state index in [1.807, 2.05) is 45.0 Å². The molecule has 0 saturated carbocycles. The van der Waals surface area contributed by atoms with Crippen LogP contribution < -0.4 is 16.6 Å². The minimum atomic E-state index is -0.727. The highest BCUT2D eigenvalue weighted by Crippen LogP contribution is 2.27. The Hall–Kier alpha value is -3.20. The van der Waals surface area contributed by atoms with Crippen molar-refractivity contribution in [2.45, 2.75) is 60.2 Å². The van der Waals surface area contributed by atoms with E-state index in [0.29, 0.717) is 15.5 Å². The minimum Gasteiger partial charge on any atom is -0.459 e. The van der Waals surface area contributed by atoms with Crippen molar-refractivity contribution in [2.75, 3.05) is 5.73 Å². The summed E-state index contributed by atoms with van der Waals surface area (Å²) in [4.78, 5) is 42.8. The molecule has 2 heterocycles. The Morgan fingerprint density at radius 3 is 2.38 bits per heavy atom. The SMILES string of the molecule is CC.Cc1ccc(CNC(=O)c2cc3c(N)c(Br)cnc3n(CC(=O)OC(C)(C)C)c2=O)cc1. The summed E-state index contributed by atoms with van der Waals surface area (Å²) >= 11 is 3.31. The molecule has 9 heteroatoms. The van der Waals surface area contributed by atoms with Gasteiger partial charge in [-0.3, -0.25) is 19.0 Å². The average molecular weight is 531 g/mol. The molecule has 8 nitrogen and oxygen atoms in total. The Kier molecular flexibility index (Phi) is 8.98. The number of esters is 1. The molecule has 0 atom stereocenters. The molecule has 0 aliphatic rings. The number of pyridine rings is 2. The third-order valence-electron chi connectivity index (χ3n) is 4.63. The van der Waals surface area contributed by atoms with Crippen molar-refractivity contribution in [3.63, 3.8) is 0 Å². The molecule has 0 unspecified atom stereocenters. The molecule has 0 saturated heterocycles. The normalized spacial score (nSPS) is 10.9. The van der Waals surface area contributed by atoms with Crippen LogP contribution in [0.3, 0.4) is 0 Å². The van der Waals surface area contributed by atoms with Gasteiger partial charge < -0.3 is 15.8 Å². The number of halogens is 1. The number of nitrogen functional groups attached to an aromatic ring is 1. The average Bonchev–Trinajstić information content (AvgIpc) is 2.77. The Morgan fingerprint density at radius 2 is 1.79 bits per heavy atom. The Labute approximate surface area is 207 Å². The van der Waals surface area contributed by atoms with Gasteiger partial charge in [0, 0.05) is 18.1 Å². The molecule has 0 aliphatic carbocycles. The molecular formula is C25H31BrN4O4. The predicted molar refractivity (Wildman–Crippen MR) is 138 cm³/mol. The first-order valence-corrected chi connectivity index (χ1v) is 11.8. The number of hydrogen-bond acceptors (Lipinski definition) is 6. The quantitative estimate of drug-likeness (QED) is 0.473. The highest BCUT2D eigenvalue weighted by atomic mass is 79.9. The zero-order valence-electron chi connectivity index (χ0n) is 20.4. The van der Waals surface area contributed by atoms with Gasteiger partial charge in [-0.15, -0.1) is 0 Å². The molecule has 0 bridgehead atoms. The first kappa shape index (κ1) is 27.0. The van der Waals surface area contributed by atoms with Gasteiger partial charge in [0.25, 0.3) is 11.5 Å². The topological polar surface area (TPSA) is 116 Å². The van der Waals surface area contributed by atoms with Crippen LogP contribution >= 0.6 is 15.9 Å². The molecule has 2 aromatic heterocycles. The van der Waals surface area contributed by atoms with Gasteiger partial charge in [0.2, 0.25) is 0 Å². The summed E-state index contributed by atoms with van der Waals surface area (Å²) in [5.74, 6) is -1.20. The maximum atomic E-state index is 13.2. The number of anilines is 1. The molecule has 3 aromatic rings. The van der Waals surface area contributed by atoms with Crippen LogP contribution in [-0.2, 0) is 22.6 Å². The predicted octanol–water partition coefficient (Wildman–Crippen LogP) is 4.35. The fourth-order valence-corrected chi connectivity index (χ4v) is 3.42. The number of carbonyl (C=O) groups excluding carboxylic acids is 2. The highest BCUT2D eigenvalue weighted by Gasteiger charge is 2.22. The van der Waals surface area contributed by atoms with Gasteiger partial charge in [-0.1, -0.05) is 43.7 Å². The van der Waals surface area contributed by atoms with Crippen molar-refractivity contribution < 1.29 is 14.3 Å². The van der Waals surface area contributed by atoms with Crippen molar-refractivity contribution >= 4 is 44.5 Å². The van der Waals surface area contributed by atoms with Crippen LogP contribution in [0.25, 0.3) is 11.0 Å². The number of nitrogens with zero attached hydrogens (tertiary/aromatic N) is 2. The van der Waals surface area contributed by atoms with E-state index in [1.54, 1.807) is 20.8 Å². The number of rotatable bonds is 5. The highest BCUT2D eigenvalue weighted by molar-refractivity contribution is 9.10. The third kappa shape index (κ3) is 6.66. The largest absolute Gasteiger partial charge is 0.459 e. The minimum absolute atomic E-state index is 0.139. The Bertz CT molecular complexity index is 1240. The molecule has 34 heavy (non-hydrogen) atoms. The zero-order valence-corrected chi connectivity index (χ0v) is 21.9. The third-order valence-corrected chi connectivity index (χ3v) is 5.27. The lowest BCUT2D eigenvalue weighted by atomic mass is 10.1. The first-order chi connectivity index (χ1) is 16.0. The number of fused-ring (bicyclic) bond motifs is 1. The van der Waals surface area contributed by atoms with Crippen molar-refractivity contribution in [2.24, 2.45) is 0 Å². The van der Waals surface area contributed by atoms with Crippen LogP contribution in [0.4, 0.5) is 5.69 Å². The summed E-state index contributed by atoms with van der Waals surface area (Å²) in [7, 11) is 0. The summed E-state index contributed by atoms with van der Waals surface area (Å²) in [5, 5.41) is 3.13. The summed E-state index contributed by atoms with van der Waals surface area (Å²) < 4.78 is 6.98. The van der Waals surface area contributed by atoms with E-state index in [0.717, 1.165) is 15.7 Å². The molecule has 0 radical (unpaired) electrons. The summed E-state index contributed by atoms with van der Waals surface area (Å²) in [6.45, 7) is 11.0. The van der Waals surface area contributed by atoms with Gasteiger partial charge in [-0.25, -0.2) is 4.98 Å². The molecule has 1 amide bonds. The number of carbonyl (C=O) groups is 2. The second-order valence-electron chi connectivity index (χ2n) is 8.46. The molecule has 0 fully saturated rings. The fraction of sp³-hybridized carbons (Fsp3) is 0.360. The first-order valence-electron chi connectivity index (χ1n) is 11.0. The lowest BCUT2D eigenvalue weighted by molar-refractivity contribution is -0.155. The van der Waals surface area contributed by atoms with Gasteiger partial charge in [-0.05, 0) is 55.3 Å². The van der Waals surface area contributed by atoms with Crippen LogP contribution in [0.5, 0.6) is 0 Å². The van der Waals surface area contributed by atoms with E-state index in [4.69, 9.17) is 10.5 Å². The molecule has 1 aromatic carbocycles. The number of nitrogens with two attached hydrogens (primary N) is 1. The Morgan fingerprint density at radius 1 is 1.18 bits per heavy atom. The van der Waals surface area contributed by atoms with E-state index in [9.17, 15) is 14.4 Å². The second kappa shape index (κ2) is 11.3. The van der Waals surface area contributed by atoms with Crippen molar-refractivity contribution in [3.05, 3.63) is 68.0 Å². The van der Waals surface area contributed by atoms with Crippen LogP contribution in [-0.4, -0.2) is 27.0 Å². The fourth-order valence-electron chi connectivity index (χ4n) is 3.11. The van der Waals surface area contributed by atoms with Gasteiger partial charge in [0.05, 0.1) is 10.2 Å². The molecule has 3 N–H and O–H groups in total. The standard InChI is InChI=1S/C23H25BrN4O4.C2H6/c1-13-5-7-14(8-6-13)10-27-21(30)16-9-15-19(25)17(24)11-26-20(15)28(22(16)31)12-18(29)32-23(2,3)4;1-2/h5-9,11H,10,12H2,1-4H3,(H2,25,26)(H,27,30);1-2H3. The number of nitrogens with one attached hydrogen (secondary N) is 1. The van der Waals surface area contributed by atoms with E-state index >= 15 is 0 Å². The van der Waals surface area contributed by atoms with Gasteiger partial charge in [0.1, 0.15) is 23.4 Å². The second-order valence-corrected chi connectivity index (χ2v) is 9.32. The van der Waals surface area contributed by atoms with Gasteiger partial charge in [0.15, 0.2) is 0 Å². The number of amides is 1. The maximum Gasteiger partial charge on any atom is 0.326 e. The summed E-state index contributed by atoms with van der Waals surface area (Å²) in [6, 6.07) is 9.08. The number of benzene rings is 1. The lowest BCUT2D eigenvalue weighted by Gasteiger charge is -2.20.